The van der Waals surface area contributed by atoms with E-state index in [-0.39, 0.29) is 0 Å². The van der Waals surface area contributed by atoms with Gasteiger partial charge < -0.3 is 18.9 Å². The van der Waals surface area contributed by atoms with Crippen LogP contribution in [0.1, 0.15) is 46.5 Å². The van der Waals surface area contributed by atoms with Crippen molar-refractivity contribution >= 4 is 0 Å². The second kappa shape index (κ2) is 15.7. The van der Waals surface area contributed by atoms with Gasteiger partial charge in [0.15, 0.2) is 0 Å². The normalized spacial score (nSPS) is 15.7. The Kier molecular flexibility index (Phi) is 15.6. The fourth-order valence-corrected chi connectivity index (χ4v) is 2.64. The standard InChI is InChI=1S/C18H38O4/c1-6-8-17(12-19-4)14-21-10-16(3)11-22-15-18(9-7-2)13-20-5/h16-18H,6-15H2,1-5H3. The first kappa shape index (κ1) is 21.8. The fourth-order valence-electron chi connectivity index (χ4n) is 2.64. The van der Waals surface area contributed by atoms with Gasteiger partial charge in [-0.1, -0.05) is 33.6 Å². The zero-order valence-electron chi connectivity index (χ0n) is 15.4. The largest absolute Gasteiger partial charge is 0.384 e. The second-order valence-corrected chi connectivity index (χ2v) is 6.40. The van der Waals surface area contributed by atoms with Crippen molar-refractivity contribution in [1.82, 2.24) is 0 Å². The molecule has 0 heterocycles. The molecule has 4 nitrogen and oxygen atoms in total. The predicted octanol–water partition coefficient (Wildman–Crippen LogP) is 3.78. The van der Waals surface area contributed by atoms with Crippen LogP contribution in [-0.4, -0.2) is 53.9 Å². The molecular formula is C18H38O4. The minimum Gasteiger partial charge on any atom is -0.384 e. The van der Waals surface area contributed by atoms with Gasteiger partial charge in [0, 0.05) is 32.0 Å². The minimum atomic E-state index is 0.426. The van der Waals surface area contributed by atoms with Crippen LogP contribution in [0.4, 0.5) is 0 Å². The maximum Gasteiger partial charge on any atom is 0.0516 e. The van der Waals surface area contributed by atoms with Crippen LogP contribution < -0.4 is 0 Å². The van der Waals surface area contributed by atoms with Crippen LogP contribution in [0, 0.1) is 17.8 Å². The van der Waals surface area contributed by atoms with Gasteiger partial charge >= 0.3 is 0 Å². The van der Waals surface area contributed by atoms with E-state index in [0.29, 0.717) is 17.8 Å². The highest BCUT2D eigenvalue weighted by molar-refractivity contribution is 4.59. The van der Waals surface area contributed by atoms with Gasteiger partial charge in [0.05, 0.1) is 39.6 Å². The topological polar surface area (TPSA) is 36.9 Å². The van der Waals surface area contributed by atoms with Crippen molar-refractivity contribution in [3.63, 3.8) is 0 Å². The molecule has 0 spiro atoms. The average molecular weight is 318 g/mol. The Labute approximate surface area is 137 Å². The summed E-state index contributed by atoms with van der Waals surface area (Å²) in [6.07, 6.45) is 4.67. The third-order valence-corrected chi connectivity index (χ3v) is 3.71. The van der Waals surface area contributed by atoms with Crippen molar-refractivity contribution in [1.29, 1.82) is 0 Å². The smallest absolute Gasteiger partial charge is 0.0516 e. The number of ether oxygens (including phenoxy) is 4. The van der Waals surface area contributed by atoms with E-state index in [0.717, 1.165) is 52.5 Å². The second-order valence-electron chi connectivity index (χ2n) is 6.40. The monoisotopic (exact) mass is 318 g/mol. The Morgan fingerprint density at radius 2 is 1.05 bits per heavy atom. The summed E-state index contributed by atoms with van der Waals surface area (Å²) < 4.78 is 22.1. The van der Waals surface area contributed by atoms with Gasteiger partial charge in [0.1, 0.15) is 0 Å². The first-order valence-electron chi connectivity index (χ1n) is 8.81. The van der Waals surface area contributed by atoms with Crippen LogP contribution >= 0.6 is 0 Å². The average Bonchev–Trinajstić information content (AvgIpc) is 2.48. The van der Waals surface area contributed by atoms with E-state index in [1.54, 1.807) is 14.2 Å². The highest BCUT2D eigenvalue weighted by atomic mass is 16.5. The SMILES string of the molecule is CCCC(COC)COCC(C)COCC(CCC)COC. The highest BCUT2D eigenvalue weighted by Gasteiger charge is 2.11. The van der Waals surface area contributed by atoms with Crippen molar-refractivity contribution in [2.75, 3.05) is 53.9 Å². The van der Waals surface area contributed by atoms with E-state index in [4.69, 9.17) is 18.9 Å². The first-order valence-corrected chi connectivity index (χ1v) is 8.81. The number of rotatable bonds is 16. The summed E-state index contributed by atoms with van der Waals surface area (Å²) in [6, 6.07) is 0. The van der Waals surface area contributed by atoms with Gasteiger partial charge in [-0.3, -0.25) is 0 Å². The Morgan fingerprint density at radius 1 is 0.636 bits per heavy atom. The fraction of sp³-hybridized carbons (Fsp3) is 1.00. The summed E-state index contributed by atoms with van der Waals surface area (Å²) in [5, 5.41) is 0. The summed E-state index contributed by atoms with van der Waals surface area (Å²) >= 11 is 0. The van der Waals surface area contributed by atoms with Crippen LogP contribution in [0.25, 0.3) is 0 Å². The zero-order chi connectivity index (χ0) is 16.6. The summed E-state index contributed by atoms with van der Waals surface area (Å²) in [6.45, 7) is 11.2. The van der Waals surface area contributed by atoms with Gasteiger partial charge in [-0.2, -0.15) is 0 Å². The maximum absolute atomic E-state index is 5.83. The molecule has 0 aliphatic carbocycles. The predicted molar refractivity (Wildman–Crippen MR) is 91.4 cm³/mol. The van der Waals surface area contributed by atoms with Gasteiger partial charge in [-0.05, 0) is 12.8 Å². The van der Waals surface area contributed by atoms with Crippen molar-refractivity contribution in [3.8, 4) is 0 Å². The van der Waals surface area contributed by atoms with Gasteiger partial charge in [-0.15, -0.1) is 0 Å². The molecule has 0 aromatic rings. The molecule has 0 aromatic carbocycles. The van der Waals surface area contributed by atoms with Crippen molar-refractivity contribution < 1.29 is 18.9 Å². The van der Waals surface area contributed by atoms with E-state index in [2.05, 4.69) is 20.8 Å². The molecule has 0 aromatic heterocycles. The van der Waals surface area contributed by atoms with Crippen LogP contribution in [0.15, 0.2) is 0 Å². The first-order chi connectivity index (χ1) is 10.7. The lowest BCUT2D eigenvalue weighted by molar-refractivity contribution is 0.00116. The number of hydrogen-bond acceptors (Lipinski definition) is 4. The molecule has 0 saturated carbocycles. The maximum atomic E-state index is 5.83. The quantitative estimate of drug-likeness (QED) is 0.434. The number of methoxy groups -OCH3 is 2. The van der Waals surface area contributed by atoms with E-state index in [1.165, 1.54) is 12.8 Å². The Morgan fingerprint density at radius 3 is 1.36 bits per heavy atom. The summed E-state index contributed by atoms with van der Waals surface area (Å²) in [5.74, 6) is 1.45. The van der Waals surface area contributed by atoms with E-state index in [9.17, 15) is 0 Å². The van der Waals surface area contributed by atoms with Crippen LogP contribution in [0.3, 0.4) is 0 Å². The van der Waals surface area contributed by atoms with Gasteiger partial charge in [0.25, 0.3) is 0 Å². The molecular weight excluding hydrogens is 280 g/mol. The van der Waals surface area contributed by atoms with Crippen molar-refractivity contribution in [2.45, 2.75) is 46.5 Å². The molecule has 4 heteroatoms. The lowest BCUT2D eigenvalue weighted by Gasteiger charge is -2.19. The number of hydrogen-bond donors (Lipinski definition) is 0. The van der Waals surface area contributed by atoms with E-state index < -0.39 is 0 Å². The van der Waals surface area contributed by atoms with E-state index in [1.807, 2.05) is 0 Å². The summed E-state index contributed by atoms with van der Waals surface area (Å²) in [7, 11) is 3.51. The Bertz CT molecular complexity index is 189. The van der Waals surface area contributed by atoms with Crippen molar-refractivity contribution in [3.05, 3.63) is 0 Å². The molecule has 0 radical (unpaired) electrons. The summed E-state index contributed by atoms with van der Waals surface area (Å²) in [5.41, 5.74) is 0. The third-order valence-electron chi connectivity index (χ3n) is 3.71. The van der Waals surface area contributed by atoms with E-state index >= 15 is 0 Å². The third kappa shape index (κ3) is 12.4. The highest BCUT2D eigenvalue weighted by Crippen LogP contribution is 2.10. The van der Waals surface area contributed by atoms with Crippen LogP contribution in [0.5, 0.6) is 0 Å². The molecule has 0 N–H and O–H groups in total. The van der Waals surface area contributed by atoms with Crippen LogP contribution in [-0.2, 0) is 18.9 Å². The van der Waals surface area contributed by atoms with Crippen molar-refractivity contribution in [2.24, 2.45) is 17.8 Å². The summed E-state index contributed by atoms with van der Waals surface area (Å²) in [4.78, 5) is 0. The molecule has 0 amide bonds. The zero-order valence-corrected chi connectivity index (χ0v) is 15.4. The molecule has 0 bridgehead atoms. The molecule has 0 aliphatic heterocycles. The Hall–Kier alpha value is -0.160. The molecule has 2 unspecified atom stereocenters. The molecule has 0 rings (SSSR count). The lowest BCUT2D eigenvalue weighted by atomic mass is 10.1. The molecule has 134 valence electrons. The molecule has 2 atom stereocenters. The lowest BCUT2D eigenvalue weighted by Crippen LogP contribution is -2.21. The van der Waals surface area contributed by atoms with Gasteiger partial charge in [-0.25, -0.2) is 0 Å². The molecule has 0 aliphatic rings. The van der Waals surface area contributed by atoms with Gasteiger partial charge in [0.2, 0.25) is 0 Å². The Balaban J connectivity index is 3.72. The molecule has 22 heavy (non-hydrogen) atoms. The van der Waals surface area contributed by atoms with Crippen LogP contribution in [0.2, 0.25) is 0 Å². The minimum absolute atomic E-state index is 0.426. The molecule has 0 saturated heterocycles. The molecule has 0 fully saturated rings.